The van der Waals surface area contributed by atoms with Crippen LogP contribution in [0.15, 0.2) is 17.5 Å². The smallest absolute Gasteiger partial charge is 0.272 e. The predicted molar refractivity (Wildman–Crippen MR) is 95.4 cm³/mol. The highest BCUT2D eigenvalue weighted by Gasteiger charge is 2.35. The Morgan fingerprint density at radius 3 is 3.00 bits per heavy atom. The zero-order valence-corrected chi connectivity index (χ0v) is 14.7. The summed E-state index contributed by atoms with van der Waals surface area (Å²) >= 11 is 1.82. The second kappa shape index (κ2) is 6.69. The molecule has 0 bridgehead atoms. The van der Waals surface area contributed by atoms with Crippen LogP contribution in [0.4, 0.5) is 0 Å². The van der Waals surface area contributed by atoms with Crippen LogP contribution in [0.3, 0.4) is 0 Å². The molecule has 2 aliphatic rings. The Morgan fingerprint density at radius 2 is 2.21 bits per heavy atom. The van der Waals surface area contributed by atoms with Gasteiger partial charge in [-0.2, -0.15) is 5.10 Å². The van der Waals surface area contributed by atoms with Crippen molar-refractivity contribution in [3.63, 3.8) is 0 Å². The second-order valence-corrected chi connectivity index (χ2v) is 7.90. The van der Waals surface area contributed by atoms with Gasteiger partial charge in [-0.25, -0.2) is 0 Å². The fourth-order valence-corrected chi connectivity index (χ4v) is 5.05. The van der Waals surface area contributed by atoms with Gasteiger partial charge < -0.3 is 10.6 Å². The van der Waals surface area contributed by atoms with Gasteiger partial charge in [-0.15, -0.1) is 11.3 Å². The maximum atomic E-state index is 12.7. The Hall–Kier alpha value is -1.66. The van der Waals surface area contributed by atoms with E-state index in [4.69, 9.17) is 0 Å². The molecule has 5 nitrogen and oxygen atoms in total. The summed E-state index contributed by atoms with van der Waals surface area (Å²) < 4.78 is 0. The predicted octanol–water partition coefficient (Wildman–Crippen LogP) is 2.75. The van der Waals surface area contributed by atoms with Crippen LogP contribution in [0, 0.1) is 0 Å². The fraction of sp³-hybridized carbons (Fsp3) is 0.556. The van der Waals surface area contributed by atoms with Gasteiger partial charge in [0.1, 0.15) is 0 Å². The number of rotatable bonds is 4. The third-order valence-corrected chi connectivity index (χ3v) is 6.58. The third-order valence-electron chi connectivity index (χ3n) is 5.46. The number of nitrogens with zero attached hydrogens (tertiary/aromatic N) is 1. The highest BCUT2D eigenvalue weighted by Crippen LogP contribution is 2.41. The first-order valence-electron chi connectivity index (χ1n) is 8.87. The van der Waals surface area contributed by atoms with E-state index in [2.05, 4.69) is 38.3 Å². The minimum atomic E-state index is -0.0438. The Balaban J connectivity index is 1.50. The van der Waals surface area contributed by atoms with E-state index in [1.165, 1.54) is 24.1 Å². The number of hydrogen-bond donors (Lipinski definition) is 3. The van der Waals surface area contributed by atoms with Crippen molar-refractivity contribution >= 4 is 17.2 Å². The molecule has 0 saturated heterocycles. The van der Waals surface area contributed by atoms with E-state index in [1.54, 1.807) is 0 Å². The van der Waals surface area contributed by atoms with Crippen molar-refractivity contribution in [2.24, 2.45) is 0 Å². The summed E-state index contributed by atoms with van der Waals surface area (Å²) in [6.45, 7) is 2.38. The van der Waals surface area contributed by atoms with Crippen LogP contribution in [0.5, 0.6) is 0 Å². The number of thiophene rings is 1. The molecule has 4 rings (SSSR count). The third kappa shape index (κ3) is 2.89. The zero-order valence-electron chi connectivity index (χ0n) is 13.9. The molecule has 3 N–H and O–H groups in total. The number of fused-ring (bicyclic) bond motifs is 1. The molecule has 0 aromatic carbocycles. The van der Waals surface area contributed by atoms with Gasteiger partial charge in [0, 0.05) is 47.6 Å². The molecule has 6 heteroatoms. The van der Waals surface area contributed by atoms with E-state index >= 15 is 0 Å². The van der Waals surface area contributed by atoms with Crippen LogP contribution < -0.4 is 10.6 Å². The molecule has 1 aliphatic carbocycles. The van der Waals surface area contributed by atoms with Gasteiger partial charge in [0.15, 0.2) is 5.69 Å². The molecule has 0 unspecified atom stereocenters. The van der Waals surface area contributed by atoms with Crippen molar-refractivity contribution in [2.75, 3.05) is 13.1 Å². The lowest BCUT2D eigenvalue weighted by atomic mass is 9.73. The molecule has 0 spiro atoms. The SMILES string of the molecule is O=C(NCC1(c2cccs2)CCCCC1)c1n[nH]c2c1CNCC2. The summed E-state index contributed by atoms with van der Waals surface area (Å²) in [5, 5.41) is 16.0. The van der Waals surface area contributed by atoms with Gasteiger partial charge >= 0.3 is 0 Å². The summed E-state index contributed by atoms with van der Waals surface area (Å²) in [4.78, 5) is 14.1. The van der Waals surface area contributed by atoms with Crippen LogP contribution in [0.25, 0.3) is 0 Å². The number of carbonyl (C=O) groups excluding carboxylic acids is 1. The van der Waals surface area contributed by atoms with E-state index in [1.807, 2.05) is 11.3 Å². The maximum absolute atomic E-state index is 12.7. The van der Waals surface area contributed by atoms with E-state index in [0.717, 1.165) is 43.6 Å². The highest BCUT2D eigenvalue weighted by molar-refractivity contribution is 7.10. The Bertz CT molecular complexity index is 701. The van der Waals surface area contributed by atoms with Crippen molar-refractivity contribution in [1.29, 1.82) is 0 Å². The van der Waals surface area contributed by atoms with Gasteiger partial charge in [0.2, 0.25) is 0 Å². The molecule has 128 valence electrons. The van der Waals surface area contributed by atoms with Gasteiger partial charge in [0.05, 0.1) is 0 Å². The fourth-order valence-electron chi connectivity index (χ4n) is 4.07. The number of aromatic nitrogens is 2. The number of carbonyl (C=O) groups is 1. The Labute approximate surface area is 146 Å². The van der Waals surface area contributed by atoms with Gasteiger partial charge in [0.25, 0.3) is 5.91 Å². The summed E-state index contributed by atoms with van der Waals surface area (Å²) in [5.74, 6) is -0.0438. The molecule has 1 fully saturated rings. The monoisotopic (exact) mass is 344 g/mol. The normalized spacial score (nSPS) is 19.7. The Kier molecular flexibility index (Phi) is 4.41. The largest absolute Gasteiger partial charge is 0.350 e. The minimum absolute atomic E-state index is 0.0438. The van der Waals surface area contributed by atoms with Crippen LogP contribution in [-0.2, 0) is 18.4 Å². The van der Waals surface area contributed by atoms with Crippen molar-refractivity contribution < 1.29 is 4.79 Å². The molecular weight excluding hydrogens is 320 g/mol. The van der Waals surface area contributed by atoms with E-state index in [9.17, 15) is 4.79 Å². The van der Waals surface area contributed by atoms with E-state index in [0.29, 0.717) is 12.2 Å². The average molecular weight is 344 g/mol. The van der Waals surface area contributed by atoms with Crippen molar-refractivity contribution in [2.45, 2.75) is 50.5 Å². The first kappa shape index (κ1) is 15.8. The standard InChI is InChI=1S/C18H24N4OS/c23-17(16-13-11-19-9-6-14(13)21-22-16)20-12-18(7-2-1-3-8-18)15-5-4-10-24-15/h4-5,10,19H,1-3,6-9,11-12H2,(H,20,23)(H,21,22). The molecular formula is C18H24N4OS. The maximum Gasteiger partial charge on any atom is 0.272 e. The van der Waals surface area contributed by atoms with Gasteiger partial charge in [-0.1, -0.05) is 25.3 Å². The van der Waals surface area contributed by atoms with E-state index in [-0.39, 0.29) is 11.3 Å². The summed E-state index contributed by atoms with van der Waals surface area (Å²) in [5.41, 5.74) is 2.81. The molecule has 24 heavy (non-hydrogen) atoms. The van der Waals surface area contributed by atoms with Crippen LogP contribution in [0.2, 0.25) is 0 Å². The number of hydrogen-bond acceptors (Lipinski definition) is 4. The van der Waals surface area contributed by atoms with E-state index < -0.39 is 0 Å². The molecule has 0 atom stereocenters. The molecule has 1 saturated carbocycles. The van der Waals surface area contributed by atoms with Crippen LogP contribution in [0.1, 0.15) is 58.7 Å². The minimum Gasteiger partial charge on any atom is -0.350 e. The number of amides is 1. The van der Waals surface area contributed by atoms with Crippen molar-refractivity contribution in [1.82, 2.24) is 20.8 Å². The molecule has 2 aromatic rings. The topological polar surface area (TPSA) is 69.8 Å². The summed E-state index contributed by atoms with van der Waals surface area (Å²) in [6, 6.07) is 4.34. The Morgan fingerprint density at radius 1 is 1.33 bits per heavy atom. The number of aromatic amines is 1. The van der Waals surface area contributed by atoms with Gasteiger partial charge in [-0.05, 0) is 24.3 Å². The molecule has 1 amide bonds. The molecule has 1 aliphatic heterocycles. The average Bonchev–Trinajstić information content (AvgIpc) is 3.30. The lowest BCUT2D eigenvalue weighted by Gasteiger charge is -2.36. The molecule has 0 radical (unpaired) electrons. The highest BCUT2D eigenvalue weighted by atomic mass is 32.1. The first-order chi connectivity index (χ1) is 11.8. The summed E-state index contributed by atoms with van der Waals surface area (Å²) in [6.07, 6.45) is 7.03. The first-order valence-corrected chi connectivity index (χ1v) is 9.75. The van der Waals surface area contributed by atoms with Crippen LogP contribution in [-0.4, -0.2) is 29.2 Å². The lowest BCUT2D eigenvalue weighted by Crippen LogP contribution is -2.42. The van der Waals surface area contributed by atoms with Crippen LogP contribution >= 0.6 is 11.3 Å². The second-order valence-electron chi connectivity index (χ2n) is 6.96. The van der Waals surface area contributed by atoms with Crippen molar-refractivity contribution in [3.8, 4) is 0 Å². The van der Waals surface area contributed by atoms with Gasteiger partial charge in [-0.3, -0.25) is 9.89 Å². The number of nitrogens with one attached hydrogen (secondary N) is 3. The van der Waals surface area contributed by atoms with Crippen molar-refractivity contribution in [3.05, 3.63) is 39.3 Å². The molecule has 2 aromatic heterocycles. The number of H-pyrrole nitrogens is 1. The zero-order chi connectivity index (χ0) is 16.4. The summed E-state index contributed by atoms with van der Waals surface area (Å²) in [7, 11) is 0. The lowest BCUT2D eigenvalue weighted by molar-refractivity contribution is 0.0931. The quantitative estimate of drug-likeness (QED) is 0.799. The molecule has 3 heterocycles.